The Hall–Kier alpha value is -1.10. The number of hydrogen-bond acceptors (Lipinski definition) is 4. The van der Waals surface area contributed by atoms with Crippen LogP contribution in [0.2, 0.25) is 0 Å². The highest BCUT2D eigenvalue weighted by molar-refractivity contribution is 5.72. The Morgan fingerprint density at radius 3 is 2.96 bits per heavy atom. The van der Waals surface area contributed by atoms with Gasteiger partial charge in [-0.1, -0.05) is 18.2 Å². The first kappa shape index (κ1) is 13.2. The summed E-state index contributed by atoms with van der Waals surface area (Å²) in [5.41, 5.74) is 1.33. The number of piperidine rings is 1. The van der Waals surface area contributed by atoms with Crippen molar-refractivity contribution in [3.8, 4) is 0 Å². The summed E-state index contributed by atoms with van der Waals surface area (Å²) in [6.07, 6.45) is 4.82. The van der Waals surface area contributed by atoms with Crippen LogP contribution < -0.4 is 5.32 Å². The van der Waals surface area contributed by atoms with Crippen molar-refractivity contribution in [1.82, 2.24) is 4.90 Å². The van der Waals surface area contributed by atoms with Crippen molar-refractivity contribution >= 4 is 5.69 Å². The summed E-state index contributed by atoms with van der Waals surface area (Å²) in [4.78, 5) is 2.69. The van der Waals surface area contributed by atoms with Crippen molar-refractivity contribution in [2.45, 2.75) is 60.8 Å². The van der Waals surface area contributed by atoms with Crippen LogP contribution in [0, 0.1) is 11.3 Å². The molecule has 3 N–H and O–H groups in total. The molecular formula is C20H24N2O2. The summed E-state index contributed by atoms with van der Waals surface area (Å²) in [6, 6.07) is 9.18. The predicted molar refractivity (Wildman–Crippen MR) is 89.8 cm³/mol. The van der Waals surface area contributed by atoms with Crippen molar-refractivity contribution in [3.05, 3.63) is 29.8 Å². The van der Waals surface area contributed by atoms with Crippen LogP contribution in [0.3, 0.4) is 0 Å². The molecule has 126 valence electrons. The summed E-state index contributed by atoms with van der Waals surface area (Å²) in [6.45, 7) is 2.11. The minimum Gasteiger partial charge on any atom is -0.390 e. The average Bonchev–Trinajstić information content (AvgIpc) is 3.13. The molecule has 0 radical (unpaired) electrons. The summed E-state index contributed by atoms with van der Waals surface area (Å²) < 4.78 is 0. The highest BCUT2D eigenvalue weighted by Crippen LogP contribution is 2.81. The second-order valence-electron chi connectivity index (χ2n) is 9.46. The lowest BCUT2D eigenvalue weighted by atomic mass is 9.40. The standard InChI is InChI=1S/C20H24N2O2/c23-15-13-10-22-9-3-6-17-7-8-19(18(15,24)11-17)20(13,16(17)22)12-4-1-2-5-14(12)21-19/h1-2,4-5,13,15-16,21,23-24H,3,6-11H2/t13-,15+,16+,17-,18-,19-,20+/m1/s1. The number of aliphatic hydroxyl groups is 2. The third-order valence-electron chi connectivity index (χ3n) is 9.17. The molecule has 4 saturated carbocycles. The van der Waals surface area contributed by atoms with Crippen LogP contribution in [-0.2, 0) is 5.41 Å². The summed E-state index contributed by atoms with van der Waals surface area (Å²) in [7, 11) is 0. The van der Waals surface area contributed by atoms with Gasteiger partial charge in [-0.15, -0.1) is 0 Å². The van der Waals surface area contributed by atoms with Gasteiger partial charge in [0.15, 0.2) is 0 Å². The van der Waals surface area contributed by atoms with Crippen molar-refractivity contribution in [2.24, 2.45) is 11.3 Å². The third kappa shape index (κ3) is 0.919. The molecule has 3 spiro atoms. The molecule has 4 heteroatoms. The third-order valence-corrected chi connectivity index (χ3v) is 9.17. The van der Waals surface area contributed by atoms with Crippen LogP contribution >= 0.6 is 0 Å². The van der Waals surface area contributed by atoms with E-state index in [0.717, 1.165) is 25.9 Å². The molecule has 1 aromatic rings. The molecule has 4 nitrogen and oxygen atoms in total. The van der Waals surface area contributed by atoms with E-state index < -0.39 is 11.7 Å². The SMILES string of the molecule is O[C@H]1[C@H]2CN3CCC[C@]45CC[C@@]6(Nc7ccccc7[C@@]26[C@@H]34)[C@@]1(O)C5. The van der Waals surface area contributed by atoms with Crippen molar-refractivity contribution in [2.75, 3.05) is 18.4 Å². The van der Waals surface area contributed by atoms with Gasteiger partial charge in [0.25, 0.3) is 0 Å². The Morgan fingerprint density at radius 1 is 1.17 bits per heavy atom. The van der Waals surface area contributed by atoms with E-state index in [2.05, 4.69) is 34.5 Å². The fourth-order valence-corrected chi connectivity index (χ4v) is 8.92. The molecule has 3 aliphatic heterocycles. The lowest BCUT2D eigenvalue weighted by Gasteiger charge is -2.69. The van der Waals surface area contributed by atoms with Crippen LogP contribution in [0.5, 0.6) is 0 Å². The summed E-state index contributed by atoms with van der Waals surface area (Å²) >= 11 is 0. The first-order chi connectivity index (χ1) is 11.6. The van der Waals surface area contributed by atoms with Crippen molar-refractivity contribution in [1.29, 1.82) is 0 Å². The van der Waals surface area contributed by atoms with Gasteiger partial charge in [-0.2, -0.15) is 0 Å². The molecular weight excluding hydrogens is 300 g/mol. The Morgan fingerprint density at radius 2 is 2.04 bits per heavy atom. The van der Waals surface area contributed by atoms with Gasteiger partial charge in [0, 0.05) is 29.6 Å². The van der Waals surface area contributed by atoms with E-state index in [1.807, 2.05) is 0 Å². The zero-order valence-corrected chi connectivity index (χ0v) is 13.8. The van der Waals surface area contributed by atoms with Gasteiger partial charge in [0.1, 0.15) is 5.60 Å². The number of aliphatic hydroxyl groups excluding tert-OH is 1. The van der Waals surface area contributed by atoms with E-state index in [-0.39, 0.29) is 22.3 Å². The minimum absolute atomic E-state index is 0.102. The molecule has 4 aliphatic carbocycles. The lowest BCUT2D eigenvalue weighted by molar-refractivity contribution is -0.210. The number of hydrogen-bond donors (Lipinski definition) is 3. The molecule has 2 saturated heterocycles. The molecule has 8 rings (SSSR count). The first-order valence-electron chi connectivity index (χ1n) is 9.61. The van der Waals surface area contributed by atoms with Crippen LogP contribution in [0.1, 0.15) is 37.7 Å². The zero-order valence-electron chi connectivity index (χ0n) is 13.8. The number of nitrogens with zero attached hydrogens (tertiary/aromatic N) is 1. The molecule has 24 heavy (non-hydrogen) atoms. The fraction of sp³-hybridized carbons (Fsp3) is 0.700. The highest BCUT2D eigenvalue weighted by atomic mass is 16.3. The van der Waals surface area contributed by atoms with E-state index in [0.29, 0.717) is 6.04 Å². The number of benzene rings is 1. The van der Waals surface area contributed by atoms with Crippen molar-refractivity contribution < 1.29 is 10.2 Å². The minimum atomic E-state index is -0.977. The molecule has 0 aromatic heterocycles. The molecule has 3 heterocycles. The monoisotopic (exact) mass is 324 g/mol. The van der Waals surface area contributed by atoms with E-state index in [4.69, 9.17) is 0 Å². The van der Waals surface area contributed by atoms with Gasteiger partial charge in [-0.05, 0) is 55.7 Å². The molecule has 4 bridgehead atoms. The maximum atomic E-state index is 11.9. The number of rotatable bonds is 0. The van der Waals surface area contributed by atoms with Gasteiger partial charge in [-0.25, -0.2) is 0 Å². The van der Waals surface area contributed by atoms with Crippen LogP contribution in [0.4, 0.5) is 5.69 Å². The van der Waals surface area contributed by atoms with Gasteiger partial charge in [0.05, 0.1) is 11.6 Å². The zero-order chi connectivity index (χ0) is 15.9. The number of anilines is 1. The van der Waals surface area contributed by atoms with E-state index in [1.165, 1.54) is 30.5 Å². The maximum Gasteiger partial charge on any atom is 0.115 e. The molecule has 0 amide bonds. The lowest BCUT2D eigenvalue weighted by Crippen LogP contribution is -2.80. The maximum absolute atomic E-state index is 11.9. The number of fused-ring (bicyclic) bond motifs is 2. The normalized spacial score (nSPS) is 58.5. The number of para-hydroxylation sites is 1. The van der Waals surface area contributed by atoms with Gasteiger partial charge >= 0.3 is 0 Å². The highest BCUT2D eigenvalue weighted by Gasteiger charge is 2.90. The molecule has 0 unspecified atom stereocenters. The van der Waals surface area contributed by atoms with E-state index in [9.17, 15) is 10.2 Å². The quantitative estimate of drug-likeness (QED) is 0.676. The molecule has 6 fully saturated rings. The number of nitrogens with one attached hydrogen (secondary N) is 1. The molecule has 7 atom stereocenters. The van der Waals surface area contributed by atoms with E-state index in [1.54, 1.807) is 0 Å². The summed E-state index contributed by atoms with van der Waals surface area (Å²) in [5, 5.41) is 27.0. The largest absolute Gasteiger partial charge is 0.390 e. The second-order valence-corrected chi connectivity index (χ2v) is 9.46. The first-order valence-corrected chi connectivity index (χ1v) is 9.61. The van der Waals surface area contributed by atoms with E-state index >= 15 is 0 Å². The van der Waals surface area contributed by atoms with Gasteiger partial charge in [0.2, 0.25) is 0 Å². The van der Waals surface area contributed by atoms with Crippen LogP contribution in [0.25, 0.3) is 0 Å². The Balaban J connectivity index is 1.64. The summed E-state index contributed by atoms with van der Waals surface area (Å²) in [5.74, 6) is 0.156. The smallest absolute Gasteiger partial charge is 0.115 e. The molecule has 7 aliphatic rings. The van der Waals surface area contributed by atoms with Gasteiger partial charge < -0.3 is 15.5 Å². The topological polar surface area (TPSA) is 55.7 Å². The van der Waals surface area contributed by atoms with Gasteiger partial charge in [-0.3, -0.25) is 4.90 Å². The predicted octanol–water partition coefficient (Wildman–Crippen LogP) is 1.47. The average molecular weight is 324 g/mol. The van der Waals surface area contributed by atoms with Crippen LogP contribution in [0.15, 0.2) is 24.3 Å². The molecule has 1 aromatic carbocycles. The van der Waals surface area contributed by atoms with Crippen LogP contribution in [-0.4, -0.2) is 51.5 Å². The Kier molecular flexibility index (Phi) is 1.87. The fourth-order valence-electron chi connectivity index (χ4n) is 8.92. The Bertz CT molecular complexity index is 798. The Labute approximate surface area is 141 Å². The second kappa shape index (κ2) is 3.42. The van der Waals surface area contributed by atoms with Crippen molar-refractivity contribution in [3.63, 3.8) is 0 Å².